The van der Waals surface area contributed by atoms with Crippen LogP contribution in [0.5, 0.6) is 5.75 Å². The van der Waals surface area contributed by atoms with E-state index in [4.69, 9.17) is 4.74 Å². The molecule has 0 aromatic heterocycles. The van der Waals surface area contributed by atoms with Crippen LogP contribution in [0.3, 0.4) is 0 Å². The minimum atomic E-state index is -0.554. The van der Waals surface area contributed by atoms with Crippen LogP contribution in [-0.2, 0) is 10.2 Å². The van der Waals surface area contributed by atoms with E-state index in [0.717, 1.165) is 22.4 Å². The molecule has 0 saturated heterocycles. The summed E-state index contributed by atoms with van der Waals surface area (Å²) in [6, 6.07) is 16.1. The van der Waals surface area contributed by atoms with Crippen molar-refractivity contribution >= 4 is 5.91 Å². The molecule has 3 heteroatoms. The molecule has 0 saturated carbocycles. The Morgan fingerprint density at radius 2 is 1.75 bits per heavy atom. The smallest absolute Gasteiger partial charge is 0.230 e. The minimum Gasteiger partial charge on any atom is -0.497 e. The number of hydrogen-bond acceptors (Lipinski definition) is 2. The summed E-state index contributed by atoms with van der Waals surface area (Å²) in [4.78, 5) is 12.5. The lowest BCUT2D eigenvalue weighted by Gasteiger charge is -2.25. The Morgan fingerprint density at radius 3 is 2.33 bits per heavy atom. The molecule has 0 radical (unpaired) electrons. The van der Waals surface area contributed by atoms with Crippen LogP contribution in [0.2, 0.25) is 0 Å². The van der Waals surface area contributed by atoms with Crippen LogP contribution in [0.25, 0.3) is 11.1 Å². The number of benzene rings is 2. The molecule has 2 aromatic carbocycles. The van der Waals surface area contributed by atoms with Crippen LogP contribution in [0.15, 0.2) is 48.5 Å². The molecule has 0 aliphatic carbocycles. The standard InChI is InChI=1S/C21H27NO2/c1-15(2)14-22-20(23)21(3,4)18-11-9-16(10-12-18)17-7-6-8-19(13-17)24-5/h6-13,15H,14H2,1-5H3,(H,22,23). The lowest BCUT2D eigenvalue weighted by Crippen LogP contribution is -2.41. The normalized spacial score (nSPS) is 11.4. The Morgan fingerprint density at radius 1 is 1.08 bits per heavy atom. The molecule has 2 rings (SSSR count). The third kappa shape index (κ3) is 4.16. The Bertz CT molecular complexity index is 687. The largest absolute Gasteiger partial charge is 0.497 e. The second-order valence-electron chi connectivity index (χ2n) is 7.04. The molecule has 0 unspecified atom stereocenters. The SMILES string of the molecule is COc1cccc(-c2ccc(C(C)(C)C(=O)NCC(C)C)cc2)c1. The molecule has 24 heavy (non-hydrogen) atoms. The Kier molecular flexibility index (Phi) is 5.66. The van der Waals surface area contributed by atoms with Gasteiger partial charge in [0.25, 0.3) is 0 Å². The number of carbonyl (C=O) groups excluding carboxylic acids is 1. The van der Waals surface area contributed by atoms with E-state index in [0.29, 0.717) is 12.5 Å². The fourth-order valence-electron chi connectivity index (χ4n) is 2.53. The van der Waals surface area contributed by atoms with Gasteiger partial charge in [-0.2, -0.15) is 0 Å². The molecule has 2 aromatic rings. The van der Waals surface area contributed by atoms with Gasteiger partial charge in [-0.1, -0.05) is 50.2 Å². The zero-order valence-electron chi connectivity index (χ0n) is 15.2. The molecule has 0 atom stereocenters. The van der Waals surface area contributed by atoms with Crippen molar-refractivity contribution in [3.05, 3.63) is 54.1 Å². The van der Waals surface area contributed by atoms with Gasteiger partial charge in [0.05, 0.1) is 12.5 Å². The first kappa shape index (κ1) is 18.1. The van der Waals surface area contributed by atoms with Crippen molar-refractivity contribution in [3.63, 3.8) is 0 Å². The fraction of sp³-hybridized carbons (Fsp3) is 0.381. The summed E-state index contributed by atoms with van der Waals surface area (Å²) in [6.07, 6.45) is 0. The van der Waals surface area contributed by atoms with E-state index < -0.39 is 5.41 Å². The van der Waals surface area contributed by atoms with Gasteiger partial charge in [0.15, 0.2) is 0 Å². The molecule has 0 fully saturated rings. The van der Waals surface area contributed by atoms with Crippen molar-refractivity contribution in [2.75, 3.05) is 13.7 Å². The number of hydrogen-bond donors (Lipinski definition) is 1. The predicted octanol–water partition coefficient (Wildman–Crippen LogP) is 4.41. The van der Waals surface area contributed by atoms with Crippen molar-refractivity contribution in [1.29, 1.82) is 0 Å². The maximum absolute atomic E-state index is 12.5. The second kappa shape index (κ2) is 7.52. The maximum Gasteiger partial charge on any atom is 0.230 e. The number of ether oxygens (including phenoxy) is 1. The van der Waals surface area contributed by atoms with Crippen molar-refractivity contribution in [2.24, 2.45) is 5.92 Å². The first-order chi connectivity index (χ1) is 11.3. The van der Waals surface area contributed by atoms with E-state index in [1.54, 1.807) is 7.11 Å². The van der Waals surface area contributed by atoms with Crippen LogP contribution >= 0.6 is 0 Å². The van der Waals surface area contributed by atoms with E-state index in [1.165, 1.54) is 0 Å². The number of nitrogens with one attached hydrogen (secondary N) is 1. The number of rotatable bonds is 6. The highest BCUT2D eigenvalue weighted by Crippen LogP contribution is 2.28. The zero-order chi connectivity index (χ0) is 17.7. The second-order valence-corrected chi connectivity index (χ2v) is 7.04. The summed E-state index contributed by atoms with van der Waals surface area (Å²) in [7, 11) is 1.67. The van der Waals surface area contributed by atoms with E-state index in [2.05, 4.69) is 37.4 Å². The van der Waals surface area contributed by atoms with Crippen molar-refractivity contribution < 1.29 is 9.53 Å². The van der Waals surface area contributed by atoms with Crippen LogP contribution < -0.4 is 10.1 Å². The van der Waals surface area contributed by atoms with E-state index in [9.17, 15) is 4.79 Å². The molecule has 0 aliphatic heterocycles. The van der Waals surface area contributed by atoms with E-state index >= 15 is 0 Å². The van der Waals surface area contributed by atoms with Gasteiger partial charge in [-0.05, 0) is 48.6 Å². The summed E-state index contributed by atoms with van der Waals surface area (Å²) in [5.41, 5.74) is 2.66. The molecule has 0 aliphatic rings. The summed E-state index contributed by atoms with van der Waals surface area (Å²) in [5.74, 6) is 1.34. The molecular formula is C21H27NO2. The van der Waals surface area contributed by atoms with Gasteiger partial charge < -0.3 is 10.1 Å². The van der Waals surface area contributed by atoms with Gasteiger partial charge in [-0.3, -0.25) is 4.79 Å². The molecule has 0 heterocycles. The third-order valence-corrected chi connectivity index (χ3v) is 4.25. The third-order valence-electron chi connectivity index (χ3n) is 4.25. The summed E-state index contributed by atoms with van der Waals surface area (Å²) in [6.45, 7) is 8.81. The monoisotopic (exact) mass is 325 g/mol. The number of carbonyl (C=O) groups is 1. The van der Waals surface area contributed by atoms with E-state index in [1.807, 2.05) is 44.2 Å². The Balaban J connectivity index is 2.19. The average molecular weight is 325 g/mol. The van der Waals surface area contributed by atoms with Crippen LogP contribution in [0.4, 0.5) is 0 Å². The van der Waals surface area contributed by atoms with Crippen molar-refractivity contribution in [3.8, 4) is 16.9 Å². The molecular weight excluding hydrogens is 298 g/mol. The van der Waals surface area contributed by atoms with Crippen molar-refractivity contribution in [1.82, 2.24) is 5.32 Å². The van der Waals surface area contributed by atoms with Gasteiger partial charge in [-0.15, -0.1) is 0 Å². The number of methoxy groups -OCH3 is 1. The quantitative estimate of drug-likeness (QED) is 0.854. The molecule has 128 valence electrons. The summed E-state index contributed by atoms with van der Waals surface area (Å²) >= 11 is 0. The van der Waals surface area contributed by atoms with E-state index in [-0.39, 0.29) is 5.91 Å². The van der Waals surface area contributed by atoms with Crippen LogP contribution in [0, 0.1) is 5.92 Å². The lowest BCUT2D eigenvalue weighted by molar-refractivity contribution is -0.125. The van der Waals surface area contributed by atoms with Crippen molar-refractivity contribution in [2.45, 2.75) is 33.1 Å². The van der Waals surface area contributed by atoms with Gasteiger partial charge >= 0.3 is 0 Å². The van der Waals surface area contributed by atoms with Crippen LogP contribution in [0.1, 0.15) is 33.3 Å². The predicted molar refractivity (Wildman–Crippen MR) is 99.3 cm³/mol. The fourth-order valence-corrected chi connectivity index (χ4v) is 2.53. The topological polar surface area (TPSA) is 38.3 Å². The first-order valence-corrected chi connectivity index (χ1v) is 8.38. The van der Waals surface area contributed by atoms with Gasteiger partial charge in [-0.25, -0.2) is 0 Å². The number of amides is 1. The lowest BCUT2D eigenvalue weighted by atomic mass is 9.83. The maximum atomic E-state index is 12.5. The first-order valence-electron chi connectivity index (χ1n) is 8.38. The Labute approximate surface area is 145 Å². The zero-order valence-corrected chi connectivity index (χ0v) is 15.2. The van der Waals surface area contributed by atoms with Gasteiger partial charge in [0.2, 0.25) is 5.91 Å². The molecule has 1 N–H and O–H groups in total. The minimum absolute atomic E-state index is 0.0605. The molecule has 3 nitrogen and oxygen atoms in total. The van der Waals surface area contributed by atoms with Crippen LogP contribution in [-0.4, -0.2) is 19.6 Å². The Hall–Kier alpha value is -2.29. The summed E-state index contributed by atoms with van der Waals surface area (Å²) in [5, 5.41) is 3.03. The summed E-state index contributed by atoms with van der Waals surface area (Å²) < 4.78 is 5.28. The highest BCUT2D eigenvalue weighted by Gasteiger charge is 2.29. The average Bonchev–Trinajstić information content (AvgIpc) is 2.59. The molecule has 0 spiro atoms. The molecule has 0 bridgehead atoms. The molecule has 1 amide bonds. The van der Waals surface area contributed by atoms with Gasteiger partial charge in [0, 0.05) is 6.54 Å². The highest BCUT2D eigenvalue weighted by molar-refractivity contribution is 5.87. The highest BCUT2D eigenvalue weighted by atomic mass is 16.5. The van der Waals surface area contributed by atoms with Gasteiger partial charge in [0.1, 0.15) is 5.75 Å².